The van der Waals surface area contributed by atoms with Crippen molar-refractivity contribution in [3.63, 3.8) is 0 Å². The van der Waals surface area contributed by atoms with Crippen molar-refractivity contribution in [2.45, 2.75) is 49.7 Å². The molecule has 2 amide bonds. The van der Waals surface area contributed by atoms with Gasteiger partial charge in [0.05, 0.1) is 10.1 Å². The van der Waals surface area contributed by atoms with E-state index in [0.29, 0.717) is 19.5 Å². The second-order valence-corrected chi connectivity index (χ2v) is 10.3. The summed E-state index contributed by atoms with van der Waals surface area (Å²) in [7, 11) is -3.65. The molecule has 0 aliphatic carbocycles. The standard InChI is InChI=1S/C23H28N2O4S/c1-16(19-7-5-4-6-8-19)15-24-23(27)13-17(2)30(28,29)21-9-10-22-20(14-21)11-12-25(22)18(3)26/h4-10,14,16-17H,11-13,15H2,1-3H3,(H,24,27)/t16-,17-/m1/s1. The van der Waals surface area contributed by atoms with Gasteiger partial charge in [0.15, 0.2) is 9.84 Å². The van der Waals surface area contributed by atoms with Crippen LogP contribution in [0.15, 0.2) is 53.4 Å². The number of sulfone groups is 1. The minimum Gasteiger partial charge on any atom is -0.355 e. The lowest BCUT2D eigenvalue weighted by Gasteiger charge is -2.17. The van der Waals surface area contributed by atoms with Crippen LogP contribution in [-0.4, -0.2) is 38.6 Å². The normalized spacial score (nSPS) is 15.4. The van der Waals surface area contributed by atoms with Gasteiger partial charge in [0, 0.05) is 32.1 Å². The molecule has 2 aromatic rings. The predicted octanol–water partition coefficient (Wildman–Crippen LogP) is 3.07. The van der Waals surface area contributed by atoms with E-state index in [0.717, 1.165) is 16.8 Å². The Morgan fingerprint density at radius 2 is 1.80 bits per heavy atom. The second-order valence-electron chi connectivity index (χ2n) is 7.89. The van der Waals surface area contributed by atoms with Gasteiger partial charge in [-0.3, -0.25) is 9.59 Å². The van der Waals surface area contributed by atoms with E-state index < -0.39 is 15.1 Å². The van der Waals surface area contributed by atoms with Crippen molar-refractivity contribution >= 4 is 27.3 Å². The number of nitrogens with zero attached hydrogens (tertiary/aromatic N) is 1. The van der Waals surface area contributed by atoms with Crippen molar-refractivity contribution < 1.29 is 18.0 Å². The van der Waals surface area contributed by atoms with Gasteiger partial charge >= 0.3 is 0 Å². The predicted molar refractivity (Wildman–Crippen MR) is 117 cm³/mol. The van der Waals surface area contributed by atoms with E-state index in [9.17, 15) is 18.0 Å². The second kappa shape index (κ2) is 9.00. The van der Waals surface area contributed by atoms with Crippen LogP contribution < -0.4 is 10.2 Å². The summed E-state index contributed by atoms with van der Waals surface area (Å²) in [6, 6.07) is 14.7. The van der Waals surface area contributed by atoms with Crippen LogP contribution in [0.3, 0.4) is 0 Å². The number of carbonyl (C=O) groups excluding carboxylic acids is 2. The average Bonchev–Trinajstić information content (AvgIpc) is 3.16. The molecule has 0 unspecified atom stereocenters. The number of anilines is 1. The zero-order valence-electron chi connectivity index (χ0n) is 17.6. The van der Waals surface area contributed by atoms with Crippen LogP contribution in [0.4, 0.5) is 5.69 Å². The fourth-order valence-electron chi connectivity index (χ4n) is 3.72. The van der Waals surface area contributed by atoms with Crippen LogP contribution in [-0.2, 0) is 25.8 Å². The molecule has 1 aliphatic rings. The Morgan fingerprint density at radius 1 is 1.10 bits per heavy atom. The third-order valence-electron chi connectivity index (χ3n) is 5.63. The van der Waals surface area contributed by atoms with Crippen molar-refractivity contribution in [1.82, 2.24) is 5.32 Å². The SMILES string of the molecule is CC(=O)N1CCc2cc(S(=O)(=O)[C@H](C)CC(=O)NC[C@@H](C)c3ccccc3)ccc21. The van der Waals surface area contributed by atoms with Crippen LogP contribution in [0.5, 0.6) is 0 Å². The molecule has 160 valence electrons. The van der Waals surface area contributed by atoms with E-state index in [1.54, 1.807) is 24.0 Å². The topological polar surface area (TPSA) is 83.6 Å². The number of fused-ring (bicyclic) bond motifs is 1. The molecule has 0 saturated heterocycles. The number of rotatable bonds is 7. The first kappa shape index (κ1) is 22.0. The fraction of sp³-hybridized carbons (Fsp3) is 0.391. The third kappa shape index (κ3) is 4.73. The Bertz CT molecular complexity index is 1030. The minimum atomic E-state index is -3.65. The maximum Gasteiger partial charge on any atom is 0.223 e. The number of hydrogen-bond acceptors (Lipinski definition) is 4. The highest BCUT2D eigenvalue weighted by molar-refractivity contribution is 7.92. The van der Waals surface area contributed by atoms with Crippen LogP contribution in [0.25, 0.3) is 0 Å². The highest BCUT2D eigenvalue weighted by Gasteiger charge is 2.29. The summed E-state index contributed by atoms with van der Waals surface area (Å²) in [6.07, 6.45) is 0.533. The lowest BCUT2D eigenvalue weighted by atomic mass is 10.0. The average molecular weight is 429 g/mol. The maximum atomic E-state index is 13.0. The summed E-state index contributed by atoms with van der Waals surface area (Å²) >= 11 is 0. The summed E-state index contributed by atoms with van der Waals surface area (Å²) in [5.41, 5.74) is 2.73. The molecule has 6 nitrogen and oxygen atoms in total. The molecule has 30 heavy (non-hydrogen) atoms. The summed E-state index contributed by atoms with van der Waals surface area (Å²) in [4.78, 5) is 25.9. The number of hydrogen-bond donors (Lipinski definition) is 1. The Morgan fingerprint density at radius 3 is 2.47 bits per heavy atom. The van der Waals surface area contributed by atoms with Crippen LogP contribution in [0, 0.1) is 0 Å². The van der Waals surface area contributed by atoms with Crippen molar-refractivity contribution in [2.24, 2.45) is 0 Å². The van der Waals surface area contributed by atoms with Gasteiger partial charge in [-0.1, -0.05) is 37.3 Å². The Hall–Kier alpha value is -2.67. The first-order valence-electron chi connectivity index (χ1n) is 10.2. The Kier molecular flexibility index (Phi) is 6.61. The van der Waals surface area contributed by atoms with Crippen LogP contribution in [0.1, 0.15) is 44.2 Å². The third-order valence-corrected chi connectivity index (χ3v) is 7.77. The molecule has 0 spiro atoms. The molecule has 0 fully saturated rings. The fourth-order valence-corrected chi connectivity index (χ4v) is 5.12. The van der Waals surface area contributed by atoms with Gasteiger partial charge in [0.1, 0.15) is 0 Å². The summed E-state index contributed by atoms with van der Waals surface area (Å²) in [5, 5.41) is 2.01. The van der Waals surface area contributed by atoms with E-state index >= 15 is 0 Å². The number of carbonyl (C=O) groups is 2. The lowest BCUT2D eigenvalue weighted by molar-refractivity contribution is -0.121. The van der Waals surface area contributed by atoms with Crippen molar-refractivity contribution in [3.05, 3.63) is 59.7 Å². The van der Waals surface area contributed by atoms with E-state index in [1.807, 2.05) is 37.3 Å². The molecule has 2 atom stereocenters. The molecule has 0 aromatic heterocycles. The van der Waals surface area contributed by atoms with Crippen LogP contribution >= 0.6 is 0 Å². The largest absolute Gasteiger partial charge is 0.355 e. The van der Waals surface area contributed by atoms with E-state index in [2.05, 4.69) is 5.32 Å². The molecule has 2 aromatic carbocycles. The Labute approximate surface area is 178 Å². The molecule has 7 heteroatoms. The van der Waals surface area contributed by atoms with Gasteiger partial charge in [0.2, 0.25) is 11.8 Å². The molecule has 1 heterocycles. The van der Waals surface area contributed by atoms with E-state index in [1.165, 1.54) is 13.0 Å². The number of nitrogens with one attached hydrogen (secondary N) is 1. The van der Waals surface area contributed by atoms with Gasteiger partial charge in [-0.2, -0.15) is 0 Å². The Balaban J connectivity index is 1.62. The quantitative estimate of drug-likeness (QED) is 0.735. The zero-order chi connectivity index (χ0) is 21.9. The summed E-state index contributed by atoms with van der Waals surface area (Å²) in [5.74, 6) is -0.195. The highest BCUT2D eigenvalue weighted by Crippen LogP contribution is 2.31. The number of benzene rings is 2. The lowest BCUT2D eigenvalue weighted by Crippen LogP contribution is -2.32. The van der Waals surface area contributed by atoms with E-state index in [-0.39, 0.29) is 29.0 Å². The van der Waals surface area contributed by atoms with Crippen molar-refractivity contribution in [2.75, 3.05) is 18.0 Å². The minimum absolute atomic E-state index is 0.0564. The van der Waals surface area contributed by atoms with Gasteiger partial charge in [0.25, 0.3) is 0 Å². The van der Waals surface area contributed by atoms with Gasteiger partial charge in [-0.15, -0.1) is 0 Å². The summed E-state index contributed by atoms with van der Waals surface area (Å²) < 4.78 is 26.0. The maximum absolute atomic E-state index is 13.0. The van der Waals surface area contributed by atoms with Gasteiger partial charge in [-0.05, 0) is 48.6 Å². The molecule has 0 bridgehead atoms. The van der Waals surface area contributed by atoms with E-state index in [4.69, 9.17) is 0 Å². The van der Waals surface area contributed by atoms with Crippen molar-refractivity contribution in [1.29, 1.82) is 0 Å². The highest BCUT2D eigenvalue weighted by atomic mass is 32.2. The van der Waals surface area contributed by atoms with Crippen molar-refractivity contribution in [3.8, 4) is 0 Å². The number of amides is 2. The van der Waals surface area contributed by atoms with Crippen LogP contribution in [0.2, 0.25) is 0 Å². The molecular weight excluding hydrogens is 400 g/mol. The first-order valence-corrected chi connectivity index (χ1v) is 11.7. The molecule has 0 saturated carbocycles. The molecule has 3 rings (SSSR count). The monoisotopic (exact) mass is 428 g/mol. The van der Waals surface area contributed by atoms with Gasteiger partial charge < -0.3 is 10.2 Å². The summed E-state index contributed by atoms with van der Waals surface area (Å²) in [6.45, 7) is 6.09. The smallest absolute Gasteiger partial charge is 0.223 e. The zero-order valence-corrected chi connectivity index (χ0v) is 18.4. The molecule has 1 N–H and O–H groups in total. The molecule has 0 radical (unpaired) electrons. The molecular formula is C23H28N2O4S. The molecule has 1 aliphatic heterocycles. The first-order chi connectivity index (χ1) is 14.2. The van der Waals surface area contributed by atoms with Gasteiger partial charge in [-0.25, -0.2) is 8.42 Å².